The molecule has 2 bridgehead atoms. The molecule has 0 aliphatic heterocycles. The molecule has 0 amide bonds. The van der Waals surface area contributed by atoms with Crippen LogP contribution >= 0.6 is 11.3 Å². The van der Waals surface area contributed by atoms with Gasteiger partial charge in [-0.3, -0.25) is 4.72 Å². The van der Waals surface area contributed by atoms with Gasteiger partial charge in [-0.05, 0) is 36.8 Å². The van der Waals surface area contributed by atoms with E-state index in [2.05, 4.69) is 21.9 Å². The topological polar surface area (TPSA) is 71.1 Å². The molecule has 2 N–H and O–H groups in total. The molecule has 3 aliphatic rings. The smallest absolute Gasteiger partial charge is 0.229 e. The third kappa shape index (κ3) is 2.83. The van der Waals surface area contributed by atoms with Crippen LogP contribution in [-0.2, 0) is 10.0 Å². The Morgan fingerprint density at radius 1 is 1.17 bits per heavy atom. The molecule has 0 atom stereocenters. The van der Waals surface area contributed by atoms with Crippen molar-refractivity contribution in [2.75, 3.05) is 16.3 Å². The van der Waals surface area contributed by atoms with Crippen LogP contribution < -0.4 is 10.0 Å². The van der Waals surface area contributed by atoms with Crippen LogP contribution in [0.25, 0.3) is 11.3 Å². The van der Waals surface area contributed by atoms with Crippen LogP contribution in [0.4, 0.5) is 10.8 Å². The van der Waals surface area contributed by atoms with Gasteiger partial charge >= 0.3 is 0 Å². The van der Waals surface area contributed by atoms with Crippen molar-refractivity contribution >= 4 is 32.2 Å². The van der Waals surface area contributed by atoms with Gasteiger partial charge in [0.25, 0.3) is 0 Å². The van der Waals surface area contributed by atoms with E-state index in [1.165, 1.54) is 19.3 Å². The molecule has 0 saturated heterocycles. The van der Waals surface area contributed by atoms with Crippen LogP contribution in [0.3, 0.4) is 0 Å². The van der Waals surface area contributed by atoms with Gasteiger partial charge in [-0.15, -0.1) is 11.3 Å². The average molecular weight is 349 g/mol. The second-order valence-electron chi connectivity index (χ2n) is 7.24. The van der Waals surface area contributed by atoms with Crippen molar-refractivity contribution in [1.82, 2.24) is 4.98 Å². The molecule has 1 aromatic carbocycles. The highest BCUT2D eigenvalue weighted by molar-refractivity contribution is 7.92. The van der Waals surface area contributed by atoms with Gasteiger partial charge in [-0.2, -0.15) is 0 Å². The molecule has 3 fully saturated rings. The van der Waals surface area contributed by atoms with E-state index in [1.807, 2.05) is 17.5 Å². The maximum absolute atomic E-state index is 11.2. The van der Waals surface area contributed by atoms with Gasteiger partial charge in [0.05, 0.1) is 11.9 Å². The Labute approximate surface area is 140 Å². The first-order chi connectivity index (χ1) is 10.7. The van der Waals surface area contributed by atoms with E-state index in [-0.39, 0.29) is 0 Å². The number of thiazole rings is 1. The maximum atomic E-state index is 11.2. The number of hydrogen-bond acceptors (Lipinski definition) is 5. The van der Waals surface area contributed by atoms with Crippen LogP contribution in [0.1, 0.15) is 26.2 Å². The van der Waals surface area contributed by atoms with Crippen molar-refractivity contribution in [3.63, 3.8) is 0 Å². The maximum Gasteiger partial charge on any atom is 0.229 e. The molecule has 2 aromatic rings. The third-order valence-corrected chi connectivity index (χ3v) is 6.02. The van der Waals surface area contributed by atoms with Crippen molar-refractivity contribution in [1.29, 1.82) is 0 Å². The molecule has 5 rings (SSSR count). The molecule has 3 saturated carbocycles. The highest BCUT2D eigenvalue weighted by Gasteiger charge is 2.65. The Morgan fingerprint density at radius 3 is 2.39 bits per heavy atom. The van der Waals surface area contributed by atoms with Crippen molar-refractivity contribution < 1.29 is 8.42 Å². The van der Waals surface area contributed by atoms with E-state index in [0.717, 1.165) is 22.6 Å². The van der Waals surface area contributed by atoms with Gasteiger partial charge in [0, 0.05) is 22.2 Å². The summed E-state index contributed by atoms with van der Waals surface area (Å²) in [5, 5.41) is 6.60. The van der Waals surface area contributed by atoms with Gasteiger partial charge in [-0.1, -0.05) is 19.1 Å². The fourth-order valence-electron chi connectivity index (χ4n) is 4.04. The Morgan fingerprint density at radius 2 is 1.83 bits per heavy atom. The number of hydrogen-bond donors (Lipinski definition) is 2. The second kappa shape index (κ2) is 4.70. The average Bonchev–Trinajstić information content (AvgIpc) is 2.83. The lowest BCUT2D eigenvalue weighted by molar-refractivity contribution is -0.0997. The minimum atomic E-state index is -3.24. The molecular weight excluding hydrogens is 330 g/mol. The SMILES string of the molecule is CC12CC(Nc3nc(-c4ccc(NS(C)(=O)=O)cc4)cs3)(C1)C2. The van der Waals surface area contributed by atoms with Crippen LogP contribution in [-0.4, -0.2) is 25.2 Å². The zero-order chi connectivity index (χ0) is 16.3. The van der Waals surface area contributed by atoms with Gasteiger partial charge < -0.3 is 5.32 Å². The largest absolute Gasteiger partial charge is 0.356 e. The first-order valence-corrected chi connectivity index (χ1v) is 10.3. The quantitative estimate of drug-likeness (QED) is 0.866. The highest BCUT2D eigenvalue weighted by Crippen LogP contribution is 2.68. The Kier molecular flexibility index (Phi) is 3.06. The van der Waals surface area contributed by atoms with Gasteiger partial charge in [0.2, 0.25) is 10.0 Å². The number of anilines is 2. The fraction of sp³-hybridized carbons (Fsp3) is 0.438. The molecule has 3 aliphatic carbocycles. The molecule has 7 heteroatoms. The zero-order valence-corrected chi connectivity index (χ0v) is 14.7. The summed E-state index contributed by atoms with van der Waals surface area (Å²) in [5.41, 5.74) is 3.34. The van der Waals surface area contributed by atoms with E-state index in [9.17, 15) is 8.42 Å². The number of aromatic nitrogens is 1. The molecule has 0 spiro atoms. The monoisotopic (exact) mass is 349 g/mol. The van der Waals surface area contributed by atoms with Crippen LogP contribution in [0, 0.1) is 5.41 Å². The van der Waals surface area contributed by atoms with Crippen LogP contribution in [0.15, 0.2) is 29.6 Å². The summed E-state index contributed by atoms with van der Waals surface area (Å²) in [6.07, 6.45) is 4.90. The van der Waals surface area contributed by atoms with E-state index >= 15 is 0 Å². The van der Waals surface area contributed by atoms with Crippen LogP contribution in [0.2, 0.25) is 0 Å². The molecule has 0 unspecified atom stereocenters. The molecule has 1 aromatic heterocycles. The Balaban J connectivity index is 1.46. The highest BCUT2D eigenvalue weighted by atomic mass is 32.2. The lowest BCUT2D eigenvalue weighted by Gasteiger charge is -2.69. The van der Waals surface area contributed by atoms with Gasteiger partial charge in [0.1, 0.15) is 0 Å². The predicted molar refractivity (Wildman–Crippen MR) is 94.3 cm³/mol. The molecule has 23 heavy (non-hydrogen) atoms. The minimum absolute atomic E-state index is 0.299. The number of rotatable bonds is 5. The summed E-state index contributed by atoms with van der Waals surface area (Å²) >= 11 is 1.62. The zero-order valence-electron chi connectivity index (χ0n) is 13.1. The number of sulfonamides is 1. The summed E-state index contributed by atoms with van der Waals surface area (Å²) in [5.74, 6) is 0. The normalized spacial score (nSPS) is 28.6. The molecule has 122 valence electrons. The van der Waals surface area contributed by atoms with E-state index in [0.29, 0.717) is 16.6 Å². The Hall–Kier alpha value is -1.60. The fourth-order valence-corrected chi connectivity index (χ4v) is 5.44. The molecular formula is C16H19N3O2S2. The lowest BCUT2D eigenvalue weighted by atomic mass is 9.40. The van der Waals surface area contributed by atoms with Crippen molar-refractivity contribution in [3.8, 4) is 11.3 Å². The first-order valence-electron chi connectivity index (χ1n) is 7.56. The van der Waals surface area contributed by atoms with E-state index < -0.39 is 10.0 Å². The Bertz CT molecular complexity index is 836. The lowest BCUT2D eigenvalue weighted by Crippen LogP contribution is -2.69. The summed E-state index contributed by atoms with van der Waals surface area (Å²) in [6.45, 7) is 2.34. The number of nitrogens with one attached hydrogen (secondary N) is 2. The summed E-state index contributed by atoms with van der Waals surface area (Å²) in [6, 6.07) is 7.28. The summed E-state index contributed by atoms with van der Waals surface area (Å²) in [7, 11) is -3.24. The third-order valence-electron chi connectivity index (χ3n) is 4.66. The van der Waals surface area contributed by atoms with Gasteiger partial charge in [-0.25, -0.2) is 13.4 Å². The van der Waals surface area contributed by atoms with Crippen molar-refractivity contribution in [2.24, 2.45) is 5.41 Å². The first kappa shape index (κ1) is 15.0. The standard InChI is InChI=1S/C16H19N3O2S2/c1-15-8-16(9-15,10-15)18-14-17-13(7-22-14)11-3-5-12(6-4-11)19-23(2,20)21/h3-7,19H,8-10H2,1-2H3,(H,17,18). The van der Waals surface area contributed by atoms with E-state index in [4.69, 9.17) is 0 Å². The molecule has 5 nitrogen and oxygen atoms in total. The summed E-state index contributed by atoms with van der Waals surface area (Å²) < 4.78 is 24.9. The minimum Gasteiger partial charge on any atom is -0.356 e. The number of nitrogens with zero attached hydrogens (tertiary/aromatic N) is 1. The molecule has 1 heterocycles. The van der Waals surface area contributed by atoms with E-state index in [1.54, 1.807) is 23.5 Å². The number of benzene rings is 1. The van der Waals surface area contributed by atoms with Crippen molar-refractivity contribution in [2.45, 2.75) is 31.7 Å². The summed E-state index contributed by atoms with van der Waals surface area (Å²) in [4.78, 5) is 4.67. The van der Waals surface area contributed by atoms with Crippen LogP contribution in [0.5, 0.6) is 0 Å². The predicted octanol–water partition coefficient (Wildman–Crippen LogP) is 3.54. The van der Waals surface area contributed by atoms with Crippen molar-refractivity contribution in [3.05, 3.63) is 29.6 Å². The molecule has 0 radical (unpaired) electrons. The van der Waals surface area contributed by atoms with Gasteiger partial charge in [0.15, 0.2) is 5.13 Å². The second-order valence-corrected chi connectivity index (χ2v) is 9.84.